The average Bonchev–Trinajstić information content (AvgIpc) is 2.20. The Morgan fingerprint density at radius 2 is 2.25 bits per heavy atom. The molecule has 0 saturated carbocycles. The van der Waals surface area contributed by atoms with E-state index in [1.54, 1.807) is 6.92 Å². The van der Waals surface area contributed by atoms with Crippen LogP contribution in [-0.2, 0) is 4.74 Å². The number of rotatable bonds is 3. The summed E-state index contributed by atoms with van der Waals surface area (Å²) in [6.07, 6.45) is -1.92. The normalized spacial score (nSPS) is 10.6. The summed E-state index contributed by atoms with van der Waals surface area (Å²) in [5.74, 6) is -0.948. The minimum atomic E-state index is -3.04. The number of aromatic nitrogens is 1. The highest BCUT2D eigenvalue weighted by Gasteiger charge is 2.25. The molecule has 4 nitrogen and oxygen atoms in total. The Bertz CT molecular complexity index is 459. The zero-order chi connectivity index (χ0) is 12.3. The van der Waals surface area contributed by atoms with E-state index in [0.717, 1.165) is 6.20 Å². The molecule has 0 fully saturated rings. The Kier molecular flexibility index (Phi) is 4.17. The highest BCUT2D eigenvalue weighted by Crippen LogP contribution is 2.25. The van der Waals surface area contributed by atoms with Crippen LogP contribution < -0.4 is 5.56 Å². The van der Waals surface area contributed by atoms with Crippen molar-refractivity contribution >= 4 is 21.9 Å². The molecule has 88 valence electrons. The topological polar surface area (TPSA) is 59.2 Å². The number of hydrogen-bond donors (Lipinski definition) is 1. The Balaban J connectivity index is 3.40. The van der Waals surface area contributed by atoms with Crippen LogP contribution in [0.15, 0.2) is 15.5 Å². The monoisotopic (exact) mass is 295 g/mol. The zero-order valence-corrected chi connectivity index (χ0v) is 9.81. The number of esters is 1. The first-order chi connectivity index (χ1) is 7.49. The van der Waals surface area contributed by atoms with Gasteiger partial charge < -0.3 is 9.72 Å². The summed E-state index contributed by atoms with van der Waals surface area (Å²) in [7, 11) is 0. The lowest BCUT2D eigenvalue weighted by Gasteiger charge is -2.08. The predicted molar refractivity (Wildman–Crippen MR) is 55.7 cm³/mol. The van der Waals surface area contributed by atoms with Crippen molar-refractivity contribution in [2.75, 3.05) is 6.61 Å². The van der Waals surface area contributed by atoms with Crippen molar-refractivity contribution in [1.29, 1.82) is 0 Å². The van der Waals surface area contributed by atoms with Gasteiger partial charge in [0, 0.05) is 10.7 Å². The molecule has 1 rings (SSSR count). The minimum Gasteiger partial charge on any atom is -0.462 e. The quantitative estimate of drug-likeness (QED) is 0.870. The number of ether oxygens (including phenoxy) is 1. The highest BCUT2D eigenvalue weighted by atomic mass is 79.9. The van der Waals surface area contributed by atoms with Gasteiger partial charge in [-0.3, -0.25) is 4.79 Å². The number of H-pyrrole nitrogens is 1. The number of hydrogen-bond acceptors (Lipinski definition) is 3. The number of alkyl halides is 2. The fraction of sp³-hybridized carbons (Fsp3) is 0.333. The molecule has 0 amide bonds. The van der Waals surface area contributed by atoms with Crippen molar-refractivity contribution in [2.24, 2.45) is 0 Å². The van der Waals surface area contributed by atoms with Gasteiger partial charge in [0.1, 0.15) is 0 Å². The van der Waals surface area contributed by atoms with Gasteiger partial charge in [-0.05, 0) is 22.9 Å². The Labute approximate surface area is 97.7 Å². The summed E-state index contributed by atoms with van der Waals surface area (Å²) in [6.45, 7) is 1.59. The van der Waals surface area contributed by atoms with E-state index >= 15 is 0 Å². The van der Waals surface area contributed by atoms with Gasteiger partial charge in [-0.1, -0.05) is 0 Å². The molecule has 0 saturated heterocycles. The van der Waals surface area contributed by atoms with Gasteiger partial charge in [0.15, 0.2) is 0 Å². The third-order valence-corrected chi connectivity index (χ3v) is 2.41. The average molecular weight is 296 g/mol. The molecule has 16 heavy (non-hydrogen) atoms. The van der Waals surface area contributed by atoms with E-state index in [-0.39, 0.29) is 11.1 Å². The van der Waals surface area contributed by atoms with E-state index in [4.69, 9.17) is 0 Å². The molecule has 0 atom stereocenters. The molecule has 0 aliphatic rings. The van der Waals surface area contributed by atoms with Crippen LogP contribution >= 0.6 is 15.9 Å². The smallest absolute Gasteiger partial charge is 0.340 e. The van der Waals surface area contributed by atoms with Crippen molar-refractivity contribution in [3.63, 3.8) is 0 Å². The number of pyridine rings is 1. The van der Waals surface area contributed by atoms with Gasteiger partial charge >= 0.3 is 5.97 Å². The lowest BCUT2D eigenvalue weighted by atomic mass is 10.1. The van der Waals surface area contributed by atoms with Gasteiger partial charge in [0.2, 0.25) is 0 Å². The minimum absolute atomic E-state index is 0.0424. The van der Waals surface area contributed by atoms with Crippen molar-refractivity contribution in [3.05, 3.63) is 32.2 Å². The van der Waals surface area contributed by atoms with Gasteiger partial charge in [0.25, 0.3) is 12.0 Å². The van der Waals surface area contributed by atoms with E-state index in [1.165, 1.54) is 0 Å². The second-order valence-electron chi connectivity index (χ2n) is 2.78. The van der Waals surface area contributed by atoms with Crippen LogP contribution in [0.3, 0.4) is 0 Å². The molecule has 0 aliphatic heterocycles. The van der Waals surface area contributed by atoms with Crippen LogP contribution in [-0.4, -0.2) is 17.6 Å². The van der Waals surface area contributed by atoms with Gasteiger partial charge in [-0.15, -0.1) is 0 Å². The summed E-state index contributed by atoms with van der Waals surface area (Å²) in [5, 5.41) is 0. The first-order valence-electron chi connectivity index (χ1n) is 4.35. The van der Waals surface area contributed by atoms with Crippen LogP contribution in [0.4, 0.5) is 8.78 Å². The third-order valence-electron chi connectivity index (χ3n) is 1.78. The van der Waals surface area contributed by atoms with Crippen molar-refractivity contribution in [1.82, 2.24) is 4.98 Å². The van der Waals surface area contributed by atoms with E-state index in [0.29, 0.717) is 0 Å². The molecule has 1 aromatic heterocycles. The van der Waals surface area contributed by atoms with Crippen molar-refractivity contribution in [2.45, 2.75) is 13.3 Å². The number of carbonyl (C=O) groups is 1. The first-order valence-corrected chi connectivity index (χ1v) is 5.14. The van der Waals surface area contributed by atoms with Crippen LogP contribution in [0.5, 0.6) is 0 Å². The summed E-state index contributed by atoms with van der Waals surface area (Å²) < 4.78 is 29.9. The standard InChI is InChI=1S/C9H8BrF2NO3/c1-2-16-9(15)5-4(10)3-13-8(14)6(5)7(11)12/h3,7H,2H2,1H3,(H,13,14). The SMILES string of the molecule is CCOC(=O)c1c(Br)c[nH]c(=O)c1C(F)F. The summed E-state index contributed by atoms with van der Waals surface area (Å²) in [5.41, 5.74) is -2.31. The van der Waals surface area contributed by atoms with E-state index in [1.807, 2.05) is 0 Å². The van der Waals surface area contributed by atoms with Crippen LogP contribution in [0.25, 0.3) is 0 Å². The van der Waals surface area contributed by atoms with Crippen LogP contribution in [0.1, 0.15) is 29.3 Å². The summed E-state index contributed by atoms with van der Waals surface area (Å²) >= 11 is 2.92. The number of aromatic amines is 1. The molecule has 0 aliphatic carbocycles. The fourth-order valence-corrected chi connectivity index (χ4v) is 1.63. The molecule has 1 heterocycles. The second kappa shape index (κ2) is 5.20. The molecular weight excluding hydrogens is 288 g/mol. The Hall–Kier alpha value is -1.24. The Morgan fingerprint density at radius 1 is 1.62 bits per heavy atom. The maximum atomic E-state index is 12.6. The maximum absolute atomic E-state index is 12.6. The van der Waals surface area contributed by atoms with Crippen molar-refractivity contribution < 1.29 is 18.3 Å². The van der Waals surface area contributed by atoms with Crippen LogP contribution in [0.2, 0.25) is 0 Å². The second-order valence-corrected chi connectivity index (χ2v) is 3.63. The first kappa shape index (κ1) is 12.8. The molecule has 0 spiro atoms. The predicted octanol–water partition coefficient (Wildman–Crippen LogP) is 2.25. The molecule has 0 aromatic carbocycles. The number of carbonyl (C=O) groups excluding carboxylic acids is 1. The van der Waals surface area contributed by atoms with Gasteiger partial charge in [-0.2, -0.15) is 0 Å². The number of halogens is 3. The molecule has 1 N–H and O–H groups in total. The van der Waals surface area contributed by atoms with E-state index in [9.17, 15) is 18.4 Å². The van der Waals surface area contributed by atoms with Crippen LogP contribution in [0, 0.1) is 0 Å². The largest absolute Gasteiger partial charge is 0.462 e. The lowest BCUT2D eigenvalue weighted by Crippen LogP contribution is -2.20. The molecule has 0 bridgehead atoms. The third kappa shape index (κ3) is 2.46. The number of nitrogens with one attached hydrogen (secondary N) is 1. The molecule has 0 unspecified atom stereocenters. The fourth-order valence-electron chi connectivity index (χ4n) is 1.14. The highest BCUT2D eigenvalue weighted by molar-refractivity contribution is 9.10. The molecule has 0 radical (unpaired) electrons. The van der Waals surface area contributed by atoms with E-state index in [2.05, 4.69) is 25.7 Å². The molecular formula is C9H8BrF2NO3. The lowest BCUT2D eigenvalue weighted by molar-refractivity contribution is 0.0513. The molecule has 7 heteroatoms. The maximum Gasteiger partial charge on any atom is 0.340 e. The van der Waals surface area contributed by atoms with Crippen molar-refractivity contribution in [3.8, 4) is 0 Å². The summed E-state index contributed by atoms with van der Waals surface area (Å²) in [6, 6.07) is 0. The zero-order valence-electron chi connectivity index (χ0n) is 8.22. The van der Waals surface area contributed by atoms with E-state index < -0.39 is 29.1 Å². The summed E-state index contributed by atoms with van der Waals surface area (Å²) in [4.78, 5) is 24.7. The van der Waals surface area contributed by atoms with Gasteiger partial charge in [-0.25, -0.2) is 13.6 Å². The molecule has 1 aromatic rings. The van der Waals surface area contributed by atoms with Gasteiger partial charge in [0.05, 0.1) is 17.7 Å². The Morgan fingerprint density at radius 3 is 2.75 bits per heavy atom.